The van der Waals surface area contributed by atoms with Crippen LogP contribution in [0.4, 0.5) is 10.5 Å². The highest BCUT2D eigenvalue weighted by atomic mass is 16.5. The first-order chi connectivity index (χ1) is 16.3. The Hall–Kier alpha value is -3.49. The fourth-order valence-corrected chi connectivity index (χ4v) is 4.96. The van der Waals surface area contributed by atoms with Crippen molar-refractivity contribution in [2.75, 3.05) is 32.6 Å². The molecule has 1 aromatic heterocycles. The summed E-state index contributed by atoms with van der Waals surface area (Å²) in [6.07, 6.45) is 0.959. The Morgan fingerprint density at radius 2 is 1.79 bits per heavy atom. The Morgan fingerprint density at radius 1 is 1.03 bits per heavy atom. The summed E-state index contributed by atoms with van der Waals surface area (Å²) in [7, 11) is 3.08. The molecule has 3 atom stereocenters. The van der Waals surface area contributed by atoms with Gasteiger partial charge in [-0.3, -0.25) is 9.59 Å². The van der Waals surface area contributed by atoms with Crippen LogP contribution in [0.3, 0.4) is 0 Å². The summed E-state index contributed by atoms with van der Waals surface area (Å²) in [4.78, 5) is 40.3. The molecule has 182 valence electrons. The van der Waals surface area contributed by atoms with Gasteiger partial charge in [-0.05, 0) is 36.5 Å². The summed E-state index contributed by atoms with van der Waals surface area (Å²) in [6.45, 7) is 5.49. The summed E-state index contributed by atoms with van der Waals surface area (Å²) in [6, 6.07) is 9.48. The van der Waals surface area contributed by atoms with Crippen LogP contribution in [0.2, 0.25) is 0 Å². The molecule has 1 fully saturated rings. The lowest BCUT2D eigenvalue weighted by molar-refractivity contribution is -0.118. The van der Waals surface area contributed by atoms with E-state index in [-0.39, 0.29) is 35.3 Å². The van der Waals surface area contributed by atoms with Crippen molar-refractivity contribution in [2.24, 2.45) is 11.8 Å². The lowest BCUT2D eigenvalue weighted by Crippen LogP contribution is -2.56. The smallest absolute Gasteiger partial charge is 0.318 e. The topological polar surface area (TPSA) is 102 Å². The number of nitrogens with one attached hydrogen (secondary N) is 2. The van der Waals surface area contributed by atoms with E-state index in [0.29, 0.717) is 36.8 Å². The first kappa shape index (κ1) is 23.7. The van der Waals surface area contributed by atoms with E-state index in [1.165, 1.54) is 7.11 Å². The van der Waals surface area contributed by atoms with Crippen LogP contribution in [-0.4, -0.2) is 54.8 Å². The van der Waals surface area contributed by atoms with Gasteiger partial charge >= 0.3 is 6.03 Å². The number of ether oxygens (including phenoxy) is 2. The fraction of sp³-hybridized carbons (Fsp3) is 0.480. The Kier molecular flexibility index (Phi) is 6.81. The minimum Gasteiger partial charge on any atom is -0.493 e. The third-order valence-electron chi connectivity index (χ3n) is 6.65. The number of methoxy groups -OCH3 is 2. The molecule has 0 spiro atoms. The van der Waals surface area contributed by atoms with Crippen LogP contribution in [0, 0.1) is 11.8 Å². The number of urea groups is 1. The second-order valence-corrected chi connectivity index (χ2v) is 9.33. The van der Waals surface area contributed by atoms with E-state index < -0.39 is 6.04 Å². The van der Waals surface area contributed by atoms with Gasteiger partial charge in [0.2, 0.25) is 5.91 Å². The number of nitrogens with zero attached hydrogens (tertiary/aromatic N) is 2. The number of amides is 3. The van der Waals surface area contributed by atoms with E-state index >= 15 is 0 Å². The molecule has 2 N–H and O–H groups in total. The fourth-order valence-electron chi connectivity index (χ4n) is 4.96. The van der Waals surface area contributed by atoms with Crippen molar-refractivity contribution in [1.29, 1.82) is 0 Å². The van der Waals surface area contributed by atoms with Crippen molar-refractivity contribution in [3.63, 3.8) is 0 Å². The second-order valence-electron chi connectivity index (χ2n) is 9.33. The molecule has 2 aliphatic rings. The molecule has 3 amide bonds. The summed E-state index contributed by atoms with van der Waals surface area (Å²) in [5.41, 5.74) is 1.54. The van der Waals surface area contributed by atoms with E-state index in [1.807, 2.05) is 24.5 Å². The van der Waals surface area contributed by atoms with E-state index in [1.54, 1.807) is 42.3 Å². The van der Waals surface area contributed by atoms with Crippen molar-refractivity contribution >= 4 is 17.6 Å². The number of piperidine rings is 1. The van der Waals surface area contributed by atoms with Gasteiger partial charge in [-0.1, -0.05) is 19.9 Å². The highest BCUT2D eigenvalue weighted by molar-refractivity contribution is 5.97. The van der Waals surface area contributed by atoms with Crippen molar-refractivity contribution in [2.45, 2.75) is 38.8 Å². The predicted octanol–water partition coefficient (Wildman–Crippen LogP) is 2.66. The molecule has 0 saturated carbocycles. The van der Waals surface area contributed by atoms with Gasteiger partial charge in [-0.25, -0.2) is 4.79 Å². The number of rotatable bonds is 6. The maximum atomic E-state index is 13.2. The lowest BCUT2D eigenvalue weighted by atomic mass is 9.83. The molecule has 9 heteroatoms. The van der Waals surface area contributed by atoms with Crippen LogP contribution in [0.25, 0.3) is 0 Å². The Bertz CT molecular complexity index is 1130. The van der Waals surface area contributed by atoms with E-state index in [2.05, 4.69) is 10.6 Å². The number of aromatic nitrogens is 1. The van der Waals surface area contributed by atoms with E-state index in [4.69, 9.17) is 9.47 Å². The molecule has 3 heterocycles. The number of anilines is 1. The zero-order valence-electron chi connectivity index (χ0n) is 20.0. The van der Waals surface area contributed by atoms with Crippen LogP contribution in [-0.2, 0) is 11.3 Å². The van der Waals surface area contributed by atoms with Gasteiger partial charge in [0.25, 0.3) is 5.56 Å². The van der Waals surface area contributed by atoms with Gasteiger partial charge in [-0.2, -0.15) is 0 Å². The van der Waals surface area contributed by atoms with Gasteiger partial charge in [0.05, 0.1) is 14.2 Å². The van der Waals surface area contributed by atoms with Crippen LogP contribution >= 0.6 is 0 Å². The van der Waals surface area contributed by atoms with Crippen molar-refractivity contribution in [3.05, 3.63) is 52.4 Å². The zero-order valence-corrected chi connectivity index (χ0v) is 20.0. The predicted molar refractivity (Wildman–Crippen MR) is 128 cm³/mol. The number of fused-ring (bicyclic) bond motifs is 4. The SMILES string of the molecule is COc1ccc(NC(=O)[C@@H](NC(=O)N2C[C@@H]3C[C@@H](C2)c2cccc(=O)n2C3)C(C)C)cc1OC. The highest BCUT2D eigenvalue weighted by Crippen LogP contribution is 2.35. The van der Waals surface area contributed by atoms with E-state index in [0.717, 1.165) is 12.1 Å². The highest BCUT2D eigenvalue weighted by Gasteiger charge is 2.37. The Balaban J connectivity index is 1.44. The Morgan fingerprint density at radius 3 is 2.50 bits per heavy atom. The van der Waals surface area contributed by atoms with Crippen molar-refractivity contribution < 1.29 is 19.1 Å². The summed E-state index contributed by atoms with van der Waals surface area (Å²) < 4.78 is 12.4. The quantitative estimate of drug-likeness (QED) is 0.679. The first-order valence-corrected chi connectivity index (χ1v) is 11.6. The molecule has 2 bridgehead atoms. The molecule has 9 nitrogen and oxygen atoms in total. The molecule has 34 heavy (non-hydrogen) atoms. The molecule has 0 radical (unpaired) electrons. The minimum atomic E-state index is -0.711. The summed E-state index contributed by atoms with van der Waals surface area (Å²) in [5, 5.41) is 5.80. The van der Waals surface area contributed by atoms with Gasteiger partial charge in [0.15, 0.2) is 11.5 Å². The average Bonchev–Trinajstić information content (AvgIpc) is 2.82. The van der Waals surface area contributed by atoms with Crippen LogP contribution < -0.4 is 25.7 Å². The Labute approximate surface area is 199 Å². The van der Waals surface area contributed by atoms with Crippen molar-refractivity contribution in [1.82, 2.24) is 14.8 Å². The molecule has 0 aliphatic carbocycles. The molecular weight excluding hydrogens is 436 g/mol. The molecule has 4 rings (SSSR count). The third kappa shape index (κ3) is 4.73. The molecule has 0 unspecified atom stereocenters. The normalized spacial score (nSPS) is 19.7. The number of likely N-dealkylation sites (tertiary alicyclic amines) is 1. The number of carbonyl (C=O) groups excluding carboxylic acids is 2. The van der Waals surface area contributed by atoms with Gasteiger partial charge in [0, 0.05) is 49.1 Å². The summed E-state index contributed by atoms with van der Waals surface area (Å²) >= 11 is 0. The maximum Gasteiger partial charge on any atom is 0.318 e. The number of hydrogen-bond acceptors (Lipinski definition) is 5. The standard InChI is InChI=1S/C25H32N4O5/c1-15(2)23(24(31)26-18-8-9-20(33-3)21(11-18)34-4)27-25(32)28-12-16-10-17(14-28)19-6-5-7-22(30)29(19)13-16/h5-9,11,15-17,23H,10,12-14H2,1-4H3,(H,26,31)(H,27,32)/t16-,17-,23-/m0/s1. The van der Waals surface area contributed by atoms with Gasteiger partial charge in [0.1, 0.15) is 6.04 Å². The molecular formula is C25H32N4O5. The second kappa shape index (κ2) is 9.79. The lowest BCUT2D eigenvalue weighted by Gasteiger charge is -2.43. The monoisotopic (exact) mass is 468 g/mol. The zero-order chi connectivity index (χ0) is 24.4. The number of pyridine rings is 1. The molecule has 2 aromatic rings. The molecule has 1 saturated heterocycles. The van der Waals surface area contributed by atoms with Crippen molar-refractivity contribution in [3.8, 4) is 11.5 Å². The van der Waals surface area contributed by atoms with Crippen LogP contribution in [0.5, 0.6) is 11.5 Å². The number of carbonyl (C=O) groups is 2. The first-order valence-electron chi connectivity index (χ1n) is 11.6. The maximum absolute atomic E-state index is 13.2. The number of hydrogen-bond donors (Lipinski definition) is 2. The van der Waals surface area contributed by atoms with Crippen LogP contribution in [0.1, 0.15) is 31.9 Å². The van der Waals surface area contributed by atoms with E-state index in [9.17, 15) is 14.4 Å². The summed E-state index contributed by atoms with van der Waals surface area (Å²) in [5.74, 6) is 0.983. The molecule has 1 aromatic carbocycles. The van der Waals surface area contributed by atoms with Gasteiger partial charge in [-0.15, -0.1) is 0 Å². The number of benzene rings is 1. The minimum absolute atomic E-state index is 0.0109. The van der Waals surface area contributed by atoms with Crippen LogP contribution in [0.15, 0.2) is 41.2 Å². The average molecular weight is 469 g/mol. The molecule has 2 aliphatic heterocycles. The van der Waals surface area contributed by atoms with Gasteiger partial charge < -0.3 is 29.6 Å². The largest absolute Gasteiger partial charge is 0.493 e. The third-order valence-corrected chi connectivity index (χ3v) is 6.65.